The van der Waals surface area contributed by atoms with E-state index in [9.17, 15) is 13.2 Å². The van der Waals surface area contributed by atoms with E-state index in [0.717, 1.165) is 18.6 Å². The van der Waals surface area contributed by atoms with Crippen molar-refractivity contribution in [3.63, 3.8) is 0 Å². The van der Waals surface area contributed by atoms with Crippen LogP contribution in [0.5, 0.6) is 0 Å². The summed E-state index contributed by atoms with van der Waals surface area (Å²) in [6.45, 7) is 5.65. The zero-order valence-electron chi connectivity index (χ0n) is 10.5. The molecule has 0 saturated carbocycles. The number of hydrogen-bond acceptors (Lipinski definition) is 4. The minimum atomic E-state index is -3.81. The lowest BCUT2D eigenvalue weighted by Gasteiger charge is -2.18. The molecule has 0 saturated heterocycles. The number of rotatable bonds is 6. The van der Waals surface area contributed by atoms with E-state index in [-0.39, 0.29) is 17.1 Å². The van der Waals surface area contributed by atoms with Crippen LogP contribution in [0.3, 0.4) is 0 Å². The molecule has 2 N–H and O–H groups in total. The lowest BCUT2D eigenvalue weighted by Crippen LogP contribution is -2.36. The number of carboxylic acids is 1. The maximum absolute atomic E-state index is 11.9. The largest absolute Gasteiger partial charge is 0.475 e. The van der Waals surface area contributed by atoms with Gasteiger partial charge in [0, 0.05) is 6.04 Å². The molecule has 0 bridgehead atoms. The third-order valence-corrected chi connectivity index (χ3v) is 4.33. The fraction of sp³-hybridized carbons (Fsp3) is 0.545. The first kappa shape index (κ1) is 14.7. The molecular formula is C11H17NO5S. The van der Waals surface area contributed by atoms with Gasteiger partial charge in [-0.3, -0.25) is 0 Å². The van der Waals surface area contributed by atoms with Crippen LogP contribution in [0.1, 0.15) is 37.7 Å². The lowest BCUT2D eigenvalue weighted by atomic mass is 10.0. The second kappa shape index (κ2) is 5.53. The molecule has 102 valence electrons. The summed E-state index contributed by atoms with van der Waals surface area (Å²) in [6.07, 6.45) is 0.836. The third kappa shape index (κ3) is 3.33. The summed E-state index contributed by atoms with van der Waals surface area (Å²) >= 11 is 0. The van der Waals surface area contributed by atoms with Gasteiger partial charge in [0.05, 0.1) is 0 Å². The molecule has 1 rings (SSSR count). The highest BCUT2D eigenvalue weighted by Crippen LogP contribution is 2.16. The van der Waals surface area contributed by atoms with Crippen molar-refractivity contribution in [2.45, 2.75) is 38.3 Å². The highest BCUT2D eigenvalue weighted by Gasteiger charge is 2.24. The molecule has 7 heteroatoms. The second-order valence-electron chi connectivity index (χ2n) is 4.22. The summed E-state index contributed by atoms with van der Waals surface area (Å²) in [6, 6.07) is 2.00. The fourth-order valence-electron chi connectivity index (χ4n) is 1.35. The van der Waals surface area contributed by atoms with Crippen LogP contribution in [0.15, 0.2) is 21.6 Å². The highest BCUT2D eigenvalue weighted by molar-refractivity contribution is 7.89. The Morgan fingerprint density at radius 2 is 2.06 bits per heavy atom. The van der Waals surface area contributed by atoms with Crippen LogP contribution in [-0.2, 0) is 10.0 Å². The van der Waals surface area contributed by atoms with E-state index in [0.29, 0.717) is 0 Å². The number of nitrogens with one attached hydrogen (secondary N) is 1. The molecule has 1 aromatic rings. The van der Waals surface area contributed by atoms with Crippen molar-refractivity contribution in [2.75, 3.05) is 0 Å². The van der Waals surface area contributed by atoms with Gasteiger partial charge in [-0.05, 0) is 25.0 Å². The van der Waals surface area contributed by atoms with E-state index in [2.05, 4.69) is 4.72 Å². The summed E-state index contributed by atoms with van der Waals surface area (Å²) in [4.78, 5) is 10.6. The Morgan fingerprint density at radius 1 is 1.44 bits per heavy atom. The summed E-state index contributed by atoms with van der Waals surface area (Å²) in [5.41, 5.74) is 0. The Hall–Kier alpha value is -1.34. The number of carbonyl (C=O) groups is 1. The van der Waals surface area contributed by atoms with Gasteiger partial charge < -0.3 is 9.52 Å². The van der Waals surface area contributed by atoms with E-state index in [1.54, 1.807) is 6.92 Å². The van der Waals surface area contributed by atoms with Crippen LogP contribution < -0.4 is 4.72 Å². The predicted octanol–water partition coefficient (Wildman–Crippen LogP) is 1.69. The molecule has 0 aromatic carbocycles. The van der Waals surface area contributed by atoms with Crippen LogP contribution in [-0.4, -0.2) is 25.5 Å². The lowest BCUT2D eigenvalue weighted by molar-refractivity contribution is 0.0656. The van der Waals surface area contributed by atoms with Gasteiger partial charge >= 0.3 is 5.97 Å². The van der Waals surface area contributed by atoms with Crippen molar-refractivity contribution in [1.82, 2.24) is 4.72 Å². The Kier molecular flexibility index (Phi) is 4.53. The molecule has 0 amide bonds. The van der Waals surface area contributed by atoms with E-state index < -0.39 is 21.8 Å². The topological polar surface area (TPSA) is 96.6 Å². The third-order valence-electron chi connectivity index (χ3n) is 2.90. The average Bonchev–Trinajstić information content (AvgIpc) is 2.77. The van der Waals surface area contributed by atoms with Gasteiger partial charge in [0.15, 0.2) is 0 Å². The van der Waals surface area contributed by atoms with E-state index >= 15 is 0 Å². The summed E-state index contributed by atoms with van der Waals surface area (Å²) in [7, 11) is -3.81. The summed E-state index contributed by atoms with van der Waals surface area (Å²) in [5, 5.41) is 8.28. The number of hydrogen-bond donors (Lipinski definition) is 2. The minimum absolute atomic E-state index is 0.175. The fourth-order valence-corrected chi connectivity index (χ4v) is 2.64. The summed E-state index contributed by atoms with van der Waals surface area (Å²) < 4.78 is 31.0. The molecule has 1 aromatic heterocycles. The standard InChI is InChI=1S/C11H17NO5S/c1-4-7(2)8(3)12-18(15,16)10-6-5-9(17-10)11(13)14/h5-8,12H,4H2,1-3H3,(H,13,14). The molecule has 0 aliphatic heterocycles. The maximum atomic E-state index is 11.9. The first-order valence-electron chi connectivity index (χ1n) is 5.63. The van der Waals surface area contributed by atoms with Crippen molar-refractivity contribution in [1.29, 1.82) is 0 Å². The van der Waals surface area contributed by atoms with Gasteiger partial charge in [-0.25, -0.2) is 17.9 Å². The van der Waals surface area contributed by atoms with Crippen LogP contribution in [0, 0.1) is 5.92 Å². The maximum Gasteiger partial charge on any atom is 0.371 e. The molecule has 6 nitrogen and oxygen atoms in total. The molecule has 1 heterocycles. The molecule has 0 radical (unpaired) electrons. The van der Waals surface area contributed by atoms with Crippen LogP contribution in [0.2, 0.25) is 0 Å². The van der Waals surface area contributed by atoms with Gasteiger partial charge in [-0.15, -0.1) is 0 Å². The second-order valence-corrected chi connectivity index (χ2v) is 5.86. The monoisotopic (exact) mass is 275 g/mol. The van der Waals surface area contributed by atoms with Crippen LogP contribution in [0.25, 0.3) is 0 Å². The highest BCUT2D eigenvalue weighted by atomic mass is 32.2. The quantitative estimate of drug-likeness (QED) is 0.823. The minimum Gasteiger partial charge on any atom is -0.475 e. The van der Waals surface area contributed by atoms with Gasteiger partial charge in [0.1, 0.15) is 0 Å². The molecule has 2 unspecified atom stereocenters. The average molecular weight is 275 g/mol. The number of aromatic carboxylic acids is 1. The van der Waals surface area contributed by atoms with E-state index in [1.165, 1.54) is 0 Å². The van der Waals surface area contributed by atoms with E-state index in [4.69, 9.17) is 9.52 Å². The van der Waals surface area contributed by atoms with Crippen LogP contribution in [0.4, 0.5) is 0 Å². The molecule has 18 heavy (non-hydrogen) atoms. The zero-order chi connectivity index (χ0) is 13.9. The molecule has 0 aliphatic rings. The van der Waals surface area contributed by atoms with Crippen molar-refractivity contribution in [2.24, 2.45) is 5.92 Å². The van der Waals surface area contributed by atoms with Crippen LogP contribution >= 0.6 is 0 Å². The molecule has 2 atom stereocenters. The molecular weight excluding hydrogens is 258 g/mol. The molecule has 0 fully saturated rings. The van der Waals surface area contributed by atoms with E-state index in [1.807, 2.05) is 13.8 Å². The molecule has 0 spiro atoms. The predicted molar refractivity (Wildman–Crippen MR) is 64.9 cm³/mol. The Bertz CT molecular complexity index is 519. The number of sulfonamides is 1. The Morgan fingerprint density at radius 3 is 2.50 bits per heavy atom. The zero-order valence-corrected chi connectivity index (χ0v) is 11.3. The van der Waals surface area contributed by atoms with Crippen molar-refractivity contribution >= 4 is 16.0 Å². The SMILES string of the molecule is CCC(C)C(C)NS(=O)(=O)c1ccc(C(=O)O)o1. The van der Waals surface area contributed by atoms with Crippen molar-refractivity contribution < 1.29 is 22.7 Å². The molecule has 0 aliphatic carbocycles. The van der Waals surface area contributed by atoms with Crippen molar-refractivity contribution in [3.8, 4) is 0 Å². The number of furan rings is 1. The number of carboxylic acid groups (broad SMARTS) is 1. The Balaban J connectivity index is 2.89. The van der Waals surface area contributed by atoms with Gasteiger partial charge in [-0.1, -0.05) is 20.3 Å². The Labute approximate surface area is 106 Å². The first-order chi connectivity index (χ1) is 8.27. The summed E-state index contributed by atoms with van der Waals surface area (Å²) in [5.74, 6) is -1.52. The first-order valence-corrected chi connectivity index (χ1v) is 7.11. The van der Waals surface area contributed by atoms with Gasteiger partial charge in [0.2, 0.25) is 10.9 Å². The van der Waals surface area contributed by atoms with Gasteiger partial charge in [0.25, 0.3) is 10.0 Å². The smallest absolute Gasteiger partial charge is 0.371 e. The van der Waals surface area contributed by atoms with Crippen molar-refractivity contribution in [3.05, 3.63) is 17.9 Å². The normalized spacial score (nSPS) is 15.3. The van der Waals surface area contributed by atoms with Gasteiger partial charge in [-0.2, -0.15) is 0 Å².